The normalized spacial score (nSPS) is 12.5. The predicted molar refractivity (Wildman–Crippen MR) is 115 cm³/mol. The van der Waals surface area contributed by atoms with Gasteiger partial charge in [-0.1, -0.05) is 11.6 Å². The van der Waals surface area contributed by atoms with E-state index in [9.17, 15) is 9.90 Å². The third-order valence-electron chi connectivity index (χ3n) is 5.40. The molecular formula is C22H27N6O3+. The Hall–Kier alpha value is -3.30. The van der Waals surface area contributed by atoms with E-state index in [4.69, 9.17) is 4.42 Å². The number of pyridine rings is 1. The van der Waals surface area contributed by atoms with Gasteiger partial charge in [-0.3, -0.25) is 4.79 Å². The molecule has 4 aromatic rings. The number of furan rings is 1. The number of hydrogen-bond donors (Lipinski definition) is 3. The van der Waals surface area contributed by atoms with Crippen molar-refractivity contribution in [1.29, 1.82) is 0 Å². The van der Waals surface area contributed by atoms with Gasteiger partial charge in [0.1, 0.15) is 25.4 Å². The Morgan fingerprint density at radius 3 is 2.87 bits per heavy atom. The first-order valence-corrected chi connectivity index (χ1v) is 10.4. The van der Waals surface area contributed by atoms with Crippen LogP contribution in [0.1, 0.15) is 34.7 Å². The summed E-state index contributed by atoms with van der Waals surface area (Å²) in [6.07, 6.45) is 2.24. The van der Waals surface area contributed by atoms with Crippen LogP contribution >= 0.6 is 0 Å². The number of aromatic nitrogens is 5. The lowest BCUT2D eigenvalue weighted by Crippen LogP contribution is -3.09. The molecule has 0 spiro atoms. The summed E-state index contributed by atoms with van der Waals surface area (Å²) in [5.74, 6) is 1.47. The number of aliphatic hydroxyl groups excluding tert-OH is 1. The molecule has 0 bridgehead atoms. The Kier molecular flexibility index (Phi) is 6.24. The average Bonchev–Trinajstić information content (AvgIpc) is 3.40. The quantitative estimate of drug-likeness (QED) is 0.366. The summed E-state index contributed by atoms with van der Waals surface area (Å²) in [6.45, 7) is 6.31. The van der Waals surface area contributed by atoms with Gasteiger partial charge in [-0.2, -0.15) is 0 Å². The molecular weight excluding hydrogens is 396 g/mol. The topological polar surface area (TPSA) is 114 Å². The Morgan fingerprint density at radius 1 is 1.23 bits per heavy atom. The highest BCUT2D eigenvalue weighted by Crippen LogP contribution is 2.17. The molecule has 4 rings (SSSR count). The maximum Gasteiger partial charge on any atom is 0.257 e. The molecule has 162 valence electrons. The van der Waals surface area contributed by atoms with Crippen LogP contribution in [-0.4, -0.2) is 43.4 Å². The van der Waals surface area contributed by atoms with Crippen LogP contribution in [0.4, 0.5) is 0 Å². The van der Waals surface area contributed by atoms with Gasteiger partial charge in [-0.15, -0.1) is 5.10 Å². The van der Waals surface area contributed by atoms with Crippen LogP contribution < -0.4 is 10.5 Å². The first kappa shape index (κ1) is 21.0. The maximum atomic E-state index is 12.8. The van der Waals surface area contributed by atoms with Crippen molar-refractivity contribution in [2.45, 2.75) is 39.9 Å². The van der Waals surface area contributed by atoms with Crippen molar-refractivity contribution < 1.29 is 14.4 Å². The number of fused-ring (bicyclic) bond motifs is 1. The second-order valence-corrected chi connectivity index (χ2v) is 7.93. The molecule has 9 nitrogen and oxygen atoms in total. The Labute approximate surface area is 179 Å². The SMILES string of the molecule is Cc1cc(C)c2[nH]c(=O)c(C[NH+](CCCO)Cc3nnnn3Cc3ccco3)cc2c1. The molecule has 0 amide bonds. The largest absolute Gasteiger partial charge is 0.467 e. The van der Waals surface area contributed by atoms with Crippen LogP contribution in [0.5, 0.6) is 0 Å². The molecule has 0 radical (unpaired) electrons. The van der Waals surface area contributed by atoms with Gasteiger partial charge in [0, 0.05) is 13.0 Å². The summed E-state index contributed by atoms with van der Waals surface area (Å²) in [5.41, 5.74) is 3.70. The first-order chi connectivity index (χ1) is 15.0. The standard InChI is InChI=1S/C22H26N6O3/c1-15-9-16(2)21-17(10-15)11-18(22(30)23-21)12-27(6-4-7-29)14-20-24-25-26-28(20)13-19-5-3-8-31-19/h3,5,8-11,29H,4,6-7,12-14H2,1-2H3,(H,23,30)/p+1. The second kappa shape index (κ2) is 9.23. The average molecular weight is 423 g/mol. The summed E-state index contributed by atoms with van der Waals surface area (Å²) in [5, 5.41) is 22.4. The van der Waals surface area contributed by atoms with E-state index in [-0.39, 0.29) is 12.2 Å². The van der Waals surface area contributed by atoms with Gasteiger partial charge in [0.05, 0.1) is 23.9 Å². The van der Waals surface area contributed by atoms with Gasteiger partial charge in [-0.25, -0.2) is 4.68 Å². The molecule has 0 aliphatic rings. The van der Waals surface area contributed by atoms with Crippen LogP contribution in [-0.2, 0) is 19.6 Å². The van der Waals surface area contributed by atoms with Crippen LogP contribution in [0.15, 0.2) is 45.8 Å². The van der Waals surface area contributed by atoms with Gasteiger partial charge in [-0.05, 0) is 59.5 Å². The number of H-pyrrole nitrogens is 1. The van der Waals surface area contributed by atoms with Gasteiger partial charge >= 0.3 is 0 Å². The summed E-state index contributed by atoms with van der Waals surface area (Å²) >= 11 is 0. The zero-order valence-corrected chi connectivity index (χ0v) is 17.8. The highest BCUT2D eigenvalue weighted by Gasteiger charge is 2.19. The molecule has 0 aliphatic heterocycles. The molecule has 31 heavy (non-hydrogen) atoms. The number of rotatable bonds is 9. The number of nitrogens with one attached hydrogen (secondary N) is 2. The third kappa shape index (κ3) is 4.89. The Bertz CT molecular complexity index is 1210. The van der Waals surface area contributed by atoms with Crippen molar-refractivity contribution in [3.05, 3.63) is 75.2 Å². The Morgan fingerprint density at radius 2 is 2.10 bits per heavy atom. The zero-order chi connectivity index (χ0) is 21.8. The minimum Gasteiger partial charge on any atom is -0.467 e. The lowest BCUT2D eigenvalue weighted by atomic mass is 10.1. The van der Waals surface area contributed by atoms with E-state index in [0.717, 1.165) is 32.7 Å². The molecule has 1 atom stereocenters. The van der Waals surface area contributed by atoms with Crippen molar-refractivity contribution in [3.63, 3.8) is 0 Å². The minimum absolute atomic E-state index is 0.0869. The molecule has 0 saturated carbocycles. The molecule has 1 aromatic carbocycles. The van der Waals surface area contributed by atoms with E-state index < -0.39 is 0 Å². The molecule has 3 heterocycles. The smallest absolute Gasteiger partial charge is 0.257 e. The zero-order valence-electron chi connectivity index (χ0n) is 17.8. The summed E-state index contributed by atoms with van der Waals surface area (Å²) in [4.78, 5) is 16.9. The summed E-state index contributed by atoms with van der Waals surface area (Å²) in [6, 6.07) is 9.82. The number of benzene rings is 1. The van der Waals surface area contributed by atoms with Gasteiger partial charge in [0.25, 0.3) is 5.56 Å². The van der Waals surface area contributed by atoms with E-state index in [1.807, 2.05) is 25.1 Å². The number of aliphatic hydroxyl groups is 1. The predicted octanol–water partition coefficient (Wildman–Crippen LogP) is 0.740. The Balaban J connectivity index is 1.59. The number of hydrogen-bond acceptors (Lipinski definition) is 6. The van der Waals surface area contributed by atoms with E-state index >= 15 is 0 Å². The lowest BCUT2D eigenvalue weighted by Gasteiger charge is -2.19. The highest BCUT2D eigenvalue weighted by molar-refractivity contribution is 5.82. The van der Waals surface area contributed by atoms with Crippen LogP contribution in [0, 0.1) is 13.8 Å². The molecule has 1 unspecified atom stereocenters. The lowest BCUT2D eigenvalue weighted by molar-refractivity contribution is -0.928. The monoisotopic (exact) mass is 423 g/mol. The number of aromatic amines is 1. The number of aryl methyl sites for hydroxylation is 2. The second-order valence-electron chi connectivity index (χ2n) is 7.93. The summed E-state index contributed by atoms with van der Waals surface area (Å²) < 4.78 is 7.11. The fourth-order valence-electron chi connectivity index (χ4n) is 3.95. The van der Waals surface area contributed by atoms with Crippen molar-refractivity contribution in [1.82, 2.24) is 25.2 Å². The van der Waals surface area contributed by atoms with Crippen molar-refractivity contribution >= 4 is 10.9 Å². The highest BCUT2D eigenvalue weighted by atomic mass is 16.3. The van der Waals surface area contributed by atoms with Crippen LogP contribution in [0.2, 0.25) is 0 Å². The number of tetrazole rings is 1. The van der Waals surface area contributed by atoms with Crippen LogP contribution in [0.3, 0.4) is 0 Å². The van der Waals surface area contributed by atoms with Gasteiger partial charge in [0.2, 0.25) is 5.82 Å². The fraction of sp³-hybridized carbons (Fsp3) is 0.364. The molecule has 3 N–H and O–H groups in total. The molecule has 3 aromatic heterocycles. The fourth-order valence-corrected chi connectivity index (χ4v) is 3.95. The van der Waals surface area contributed by atoms with Crippen molar-refractivity contribution in [2.75, 3.05) is 13.2 Å². The van der Waals surface area contributed by atoms with Gasteiger partial charge in [0.15, 0.2) is 0 Å². The van der Waals surface area contributed by atoms with Crippen LogP contribution in [0.25, 0.3) is 10.9 Å². The number of quaternary nitrogens is 1. The van der Waals surface area contributed by atoms with E-state index in [1.165, 1.54) is 0 Å². The van der Waals surface area contributed by atoms with Crippen molar-refractivity contribution in [2.24, 2.45) is 0 Å². The number of nitrogens with zero attached hydrogens (tertiary/aromatic N) is 4. The third-order valence-corrected chi connectivity index (χ3v) is 5.40. The first-order valence-electron chi connectivity index (χ1n) is 10.4. The maximum absolute atomic E-state index is 12.8. The van der Waals surface area contributed by atoms with Gasteiger partial charge < -0.3 is 19.4 Å². The molecule has 0 fully saturated rings. The molecule has 9 heteroatoms. The van der Waals surface area contributed by atoms with E-state index in [1.54, 1.807) is 10.9 Å². The molecule has 0 saturated heterocycles. The van der Waals surface area contributed by atoms with Crippen molar-refractivity contribution in [3.8, 4) is 0 Å². The summed E-state index contributed by atoms with van der Waals surface area (Å²) in [7, 11) is 0. The van der Waals surface area contributed by atoms with E-state index in [2.05, 4.69) is 39.6 Å². The van der Waals surface area contributed by atoms with E-state index in [0.29, 0.717) is 44.0 Å². The minimum atomic E-state index is -0.0869. The molecule has 0 aliphatic carbocycles.